The van der Waals surface area contributed by atoms with Crippen LogP contribution in [0, 0.1) is 0 Å². The average Bonchev–Trinajstić information content (AvgIpc) is 2.84. The maximum Gasteiger partial charge on any atom is 0.330 e. The SMILES string of the molecule is CCCn1c(N)c(NCCc2ccnn2C)c(=O)[nH]c1=O. The molecule has 0 spiro atoms. The molecule has 0 radical (unpaired) electrons. The zero-order valence-electron chi connectivity index (χ0n) is 12.2. The Labute approximate surface area is 121 Å². The lowest BCUT2D eigenvalue weighted by Crippen LogP contribution is -2.34. The second kappa shape index (κ2) is 6.29. The Bertz CT molecular complexity index is 727. The number of H-pyrrole nitrogens is 1. The van der Waals surface area contributed by atoms with Crippen molar-refractivity contribution in [3.8, 4) is 0 Å². The predicted molar refractivity (Wildman–Crippen MR) is 81.4 cm³/mol. The molecular weight excluding hydrogens is 272 g/mol. The molecule has 0 aliphatic heterocycles. The van der Waals surface area contributed by atoms with Gasteiger partial charge in [-0.2, -0.15) is 5.10 Å². The van der Waals surface area contributed by atoms with E-state index >= 15 is 0 Å². The molecular formula is C13H20N6O2. The third-order valence-electron chi connectivity index (χ3n) is 3.29. The van der Waals surface area contributed by atoms with Crippen molar-refractivity contribution in [1.82, 2.24) is 19.3 Å². The number of aromatic nitrogens is 4. The van der Waals surface area contributed by atoms with Crippen molar-refractivity contribution in [3.05, 3.63) is 38.8 Å². The molecule has 4 N–H and O–H groups in total. The zero-order valence-corrected chi connectivity index (χ0v) is 12.2. The Hall–Kier alpha value is -2.51. The monoisotopic (exact) mass is 292 g/mol. The molecule has 0 fully saturated rings. The van der Waals surface area contributed by atoms with Crippen LogP contribution in [0.3, 0.4) is 0 Å². The minimum atomic E-state index is -0.491. The van der Waals surface area contributed by atoms with Gasteiger partial charge in [0.05, 0.1) is 0 Å². The van der Waals surface area contributed by atoms with Crippen LogP contribution in [0.1, 0.15) is 19.0 Å². The van der Waals surface area contributed by atoms with Crippen molar-refractivity contribution in [2.45, 2.75) is 26.3 Å². The number of aryl methyl sites for hydroxylation is 1. The summed E-state index contributed by atoms with van der Waals surface area (Å²) < 4.78 is 3.14. The quantitative estimate of drug-likeness (QED) is 0.689. The highest BCUT2D eigenvalue weighted by molar-refractivity contribution is 5.60. The van der Waals surface area contributed by atoms with Crippen molar-refractivity contribution in [2.75, 3.05) is 17.6 Å². The van der Waals surface area contributed by atoms with Gasteiger partial charge < -0.3 is 11.1 Å². The van der Waals surface area contributed by atoms with Gasteiger partial charge in [-0.05, 0) is 12.5 Å². The number of nitrogens with zero attached hydrogens (tertiary/aromatic N) is 3. The van der Waals surface area contributed by atoms with Gasteiger partial charge in [0.1, 0.15) is 11.5 Å². The fourth-order valence-corrected chi connectivity index (χ4v) is 2.17. The number of nitrogen functional groups attached to an aromatic ring is 1. The first-order valence-corrected chi connectivity index (χ1v) is 6.88. The number of hydrogen-bond acceptors (Lipinski definition) is 5. The molecule has 2 aromatic rings. The molecule has 0 saturated heterocycles. The van der Waals surface area contributed by atoms with E-state index in [9.17, 15) is 9.59 Å². The normalized spacial score (nSPS) is 10.8. The van der Waals surface area contributed by atoms with E-state index in [1.54, 1.807) is 10.9 Å². The number of rotatable bonds is 6. The van der Waals surface area contributed by atoms with Crippen LogP contribution in [-0.2, 0) is 20.0 Å². The number of nitrogens with one attached hydrogen (secondary N) is 2. The van der Waals surface area contributed by atoms with Crippen LogP contribution in [0.15, 0.2) is 21.9 Å². The Morgan fingerprint density at radius 3 is 2.81 bits per heavy atom. The molecule has 0 atom stereocenters. The van der Waals surface area contributed by atoms with Crippen LogP contribution in [0.2, 0.25) is 0 Å². The topological polar surface area (TPSA) is 111 Å². The molecule has 0 amide bonds. The van der Waals surface area contributed by atoms with Crippen molar-refractivity contribution < 1.29 is 0 Å². The second-order valence-corrected chi connectivity index (χ2v) is 4.79. The van der Waals surface area contributed by atoms with Crippen molar-refractivity contribution in [2.24, 2.45) is 7.05 Å². The highest BCUT2D eigenvalue weighted by Gasteiger charge is 2.11. The van der Waals surface area contributed by atoms with Gasteiger partial charge in [0, 0.05) is 38.4 Å². The predicted octanol–water partition coefficient (Wildman–Crippen LogP) is -0.0831. The van der Waals surface area contributed by atoms with Gasteiger partial charge in [0.15, 0.2) is 0 Å². The summed E-state index contributed by atoms with van der Waals surface area (Å²) in [7, 11) is 1.86. The third-order valence-corrected chi connectivity index (χ3v) is 3.29. The van der Waals surface area contributed by atoms with Gasteiger partial charge >= 0.3 is 5.69 Å². The van der Waals surface area contributed by atoms with Gasteiger partial charge in [-0.1, -0.05) is 6.92 Å². The summed E-state index contributed by atoms with van der Waals surface area (Å²) in [5.74, 6) is 0.176. The highest BCUT2D eigenvalue weighted by atomic mass is 16.2. The first-order valence-electron chi connectivity index (χ1n) is 6.88. The van der Waals surface area contributed by atoms with Crippen molar-refractivity contribution in [1.29, 1.82) is 0 Å². The Morgan fingerprint density at radius 1 is 1.43 bits per heavy atom. The summed E-state index contributed by atoms with van der Waals surface area (Å²) in [5.41, 5.74) is 6.24. The van der Waals surface area contributed by atoms with Crippen LogP contribution in [0.4, 0.5) is 11.5 Å². The smallest absolute Gasteiger partial charge is 0.330 e. The maximum absolute atomic E-state index is 11.8. The van der Waals surface area contributed by atoms with E-state index in [4.69, 9.17) is 5.73 Å². The molecule has 0 aliphatic carbocycles. The first kappa shape index (κ1) is 14.9. The molecule has 2 aromatic heterocycles. The fourth-order valence-electron chi connectivity index (χ4n) is 2.17. The Balaban J connectivity index is 2.16. The largest absolute Gasteiger partial charge is 0.383 e. The first-order chi connectivity index (χ1) is 10.0. The van der Waals surface area contributed by atoms with Crippen LogP contribution < -0.4 is 22.3 Å². The number of aromatic amines is 1. The third kappa shape index (κ3) is 3.15. The van der Waals surface area contributed by atoms with Gasteiger partial charge in [0.25, 0.3) is 5.56 Å². The molecule has 0 aromatic carbocycles. The Kier molecular flexibility index (Phi) is 4.46. The molecule has 21 heavy (non-hydrogen) atoms. The lowest BCUT2D eigenvalue weighted by atomic mass is 10.3. The molecule has 0 saturated carbocycles. The van der Waals surface area contributed by atoms with Crippen LogP contribution in [0.5, 0.6) is 0 Å². The molecule has 8 heteroatoms. The molecule has 8 nitrogen and oxygen atoms in total. The van der Waals surface area contributed by atoms with Crippen LogP contribution >= 0.6 is 0 Å². The molecule has 2 rings (SSSR count). The van der Waals surface area contributed by atoms with Gasteiger partial charge in [-0.25, -0.2) is 4.79 Å². The molecule has 114 valence electrons. The van der Waals surface area contributed by atoms with Gasteiger partial charge in [0.2, 0.25) is 0 Å². The van der Waals surface area contributed by atoms with Crippen molar-refractivity contribution in [3.63, 3.8) is 0 Å². The van der Waals surface area contributed by atoms with Crippen LogP contribution in [0.25, 0.3) is 0 Å². The summed E-state index contributed by atoms with van der Waals surface area (Å²) in [5, 5.41) is 7.08. The number of nitrogens with two attached hydrogens (primary N) is 1. The summed E-state index contributed by atoms with van der Waals surface area (Å²) in [6, 6.07) is 1.91. The standard InChI is InChI=1S/C13H20N6O2/c1-3-8-19-11(14)10(12(20)17-13(19)21)15-6-4-9-5-7-16-18(9)2/h5,7,15H,3-4,6,8,14H2,1-2H3,(H,17,20,21). The Morgan fingerprint density at radius 2 is 2.19 bits per heavy atom. The second-order valence-electron chi connectivity index (χ2n) is 4.79. The minimum Gasteiger partial charge on any atom is -0.383 e. The summed E-state index contributed by atoms with van der Waals surface area (Å²) in [4.78, 5) is 25.8. The summed E-state index contributed by atoms with van der Waals surface area (Å²) in [6.07, 6.45) is 3.17. The van der Waals surface area contributed by atoms with Gasteiger partial charge in [-0.15, -0.1) is 0 Å². The molecule has 0 unspecified atom stereocenters. The van der Waals surface area contributed by atoms with Crippen molar-refractivity contribution >= 4 is 11.5 Å². The highest BCUT2D eigenvalue weighted by Crippen LogP contribution is 2.10. The molecule has 0 aliphatic rings. The van der Waals surface area contributed by atoms with E-state index < -0.39 is 11.2 Å². The van der Waals surface area contributed by atoms with E-state index in [-0.39, 0.29) is 11.5 Å². The molecule has 0 bridgehead atoms. The summed E-state index contributed by atoms with van der Waals surface area (Å²) >= 11 is 0. The van der Waals surface area contributed by atoms with E-state index in [0.717, 1.165) is 12.1 Å². The maximum atomic E-state index is 11.8. The van der Waals surface area contributed by atoms with E-state index in [2.05, 4.69) is 15.4 Å². The van der Waals surface area contributed by atoms with E-state index in [1.807, 2.05) is 20.0 Å². The van der Waals surface area contributed by atoms with E-state index in [1.165, 1.54) is 4.57 Å². The minimum absolute atomic E-state index is 0.176. The average molecular weight is 292 g/mol. The zero-order chi connectivity index (χ0) is 15.4. The van der Waals surface area contributed by atoms with Crippen LogP contribution in [-0.4, -0.2) is 25.9 Å². The lowest BCUT2D eigenvalue weighted by Gasteiger charge is -2.13. The number of anilines is 2. The molecule has 2 heterocycles. The van der Waals surface area contributed by atoms with E-state index in [0.29, 0.717) is 19.5 Å². The lowest BCUT2D eigenvalue weighted by molar-refractivity contribution is 0.642. The number of hydrogen-bond donors (Lipinski definition) is 3. The van der Waals surface area contributed by atoms with Gasteiger partial charge in [-0.3, -0.25) is 19.0 Å². The fraction of sp³-hybridized carbons (Fsp3) is 0.462. The summed E-state index contributed by atoms with van der Waals surface area (Å²) in [6.45, 7) is 2.93.